The van der Waals surface area contributed by atoms with Crippen LogP contribution in [-0.4, -0.2) is 22.8 Å². The van der Waals surface area contributed by atoms with Crippen molar-refractivity contribution in [3.63, 3.8) is 0 Å². The van der Waals surface area contributed by atoms with Crippen LogP contribution >= 0.6 is 23.4 Å². The highest BCUT2D eigenvalue weighted by Crippen LogP contribution is 2.31. The van der Waals surface area contributed by atoms with E-state index in [2.05, 4.69) is 17.6 Å². The van der Waals surface area contributed by atoms with Gasteiger partial charge in [0.2, 0.25) is 5.24 Å². The van der Waals surface area contributed by atoms with Gasteiger partial charge in [0.05, 0.1) is 5.03 Å². The molecule has 1 aromatic rings. The van der Waals surface area contributed by atoms with Crippen LogP contribution in [0.4, 0.5) is 0 Å². The van der Waals surface area contributed by atoms with Crippen LogP contribution in [0.15, 0.2) is 41.4 Å². The van der Waals surface area contributed by atoms with Crippen molar-refractivity contribution < 1.29 is 4.79 Å². The van der Waals surface area contributed by atoms with Crippen molar-refractivity contribution in [3.05, 3.63) is 47.0 Å². The van der Waals surface area contributed by atoms with Crippen LogP contribution < -0.4 is 5.43 Å². The number of carbonyl (C=O) groups is 1. The molecule has 1 aliphatic heterocycles. The van der Waals surface area contributed by atoms with E-state index in [1.54, 1.807) is 18.7 Å². The zero-order chi connectivity index (χ0) is 13.2. The number of hydrogen-bond acceptors (Lipinski definition) is 4. The fourth-order valence-corrected chi connectivity index (χ4v) is 2.91. The van der Waals surface area contributed by atoms with Crippen molar-refractivity contribution in [2.45, 2.75) is 18.2 Å². The number of carbonyl (C=O) groups excluding carboxylic acids is 1. The summed E-state index contributed by atoms with van der Waals surface area (Å²) in [5, 5.41) is 2.45. The third-order valence-corrected chi connectivity index (χ3v) is 4.34. The average molecular weight is 283 g/mol. The second-order valence-electron chi connectivity index (χ2n) is 4.40. The van der Waals surface area contributed by atoms with Crippen molar-refractivity contribution in [2.75, 3.05) is 7.05 Å². The standard InChI is InChI=1S/C13H15ClN2OS/c1-13(12(14)17)8-11(16(2)15-13)18-9-10-6-4-3-5-7-10/h3-8,15H,9H2,1-2H3. The molecule has 0 spiro atoms. The summed E-state index contributed by atoms with van der Waals surface area (Å²) in [4.78, 5) is 11.4. The molecule has 0 bridgehead atoms. The van der Waals surface area contributed by atoms with Gasteiger partial charge in [0, 0.05) is 12.8 Å². The molecule has 0 aromatic heterocycles. The largest absolute Gasteiger partial charge is 0.304 e. The molecular weight excluding hydrogens is 268 g/mol. The highest BCUT2D eigenvalue weighted by atomic mass is 35.5. The molecule has 0 aliphatic carbocycles. The zero-order valence-electron chi connectivity index (χ0n) is 10.3. The molecule has 1 unspecified atom stereocenters. The highest BCUT2D eigenvalue weighted by molar-refractivity contribution is 8.02. The lowest BCUT2D eigenvalue weighted by Crippen LogP contribution is -2.47. The van der Waals surface area contributed by atoms with E-state index >= 15 is 0 Å². The van der Waals surface area contributed by atoms with Gasteiger partial charge in [-0.2, -0.15) is 0 Å². The first-order valence-corrected chi connectivity index (χ1v) is 6.99. The quantitative estimate of drug-likeness (QED) is 0.861. The zero-order valence-corrected chi connectivity index (χ0v) is 11.9. The lowest BCUT2D eigenvalue weighted by molar-refractivity contribution is -0.116. The van der Waals surface area contributed by atoms with Crippen molar-refractivity contribution in [2.24, 2.45) is 0 Å². The Morgan fingerprint density at radius 1 is 1.44 bits per heavy atom. The number of halogens is 1. The van der Waals surface area contributed by atoms with Gasteiger partial charge in [0.15, 0.2) is 0 Å². The number of nitrogens with one attached hydrogen (secondary N) is 1. The summed E-state index contributed by atoms with van der Waals surface area (Å²) in [5.74, 6) is 0.866. The molecule has 0 saturated heterocycles. The van der Waals surface area contributed by atoms with Crippen LogP contribution in [0.25, 0.3) is 0 Å². The van der Waals surface area contributed by atoms with Gasteiger partial charge in [-0.25, -0.2) is 5.43 Å². The number of benzene rings is 1. The smallest absolute Gasteiger partial charge is 0.247 e. The second kappa shape index (κ2) is 5.34. The summed E-state index contributed by atoms with van der Waals surface area (Å²) in [5.41, 5.74) is 3.51. The minimum Gasteiger partial charge on any atom is -0.304 e. The Hall–Kier alpha value is -0.970. The molecule has 0 radical (unpaired) electrons. The summed E-state index contributed by atoms with van der Waals surface area (Å²) in [6.07, 6.45) is 1.87. The Bertz CT molecular complexity index is 477. The van der Waals surface area contributed by atoms with Gasteiger partial charge in [0.1, 0.15) is 5.54 Å². The molecule has 1 heterocycles. The topological polar surface area (TPSA) is 32.3 Å². The fourth-order valence-electron chi connectivity index (χ4n) is 1.75. The molecule has 0 fully saturated rings. The van der Waals surface area contributed by atoms with E-state index in [0.717, 1.165) is 10.8 Å². The van der Waals surface area contributed by atoms with E-state index in [-0.39, 0.29) is 0 Å². The molecule has 0 amide bonds. The summed E-state index contributed by atoms with van der Waals surface area (Å²) in [6.45, 7) is 1.77. The van der Waals surface area contributed by atoms with Crippen molar-refractivity contribution in [1.29, 1.82) is 0 Å². The molecule has 1 atom stereocenters. The predicted molar refractivity (Wildman–Crippen MR) is 76.0 cm³/mol. The predicted octanol–water partition coefficient (Wildman–Crippen LogP) is 2.74. The maximum Gasteiger partial charge on any atom is 0.247 e. The van der Waals surface area contributed by atoms with Crippen molar-refractivity contribution in [3.8, 4) is 0 Å². The molecule has 96 valence electrons. The lowest BCUT2D eigenvalue weighted by Gasteiger charge is -2.22. The van der Waals surface area contributed by atoms with Crippen LogP contribution in [-0.2, 0) is 10.5 Å². The van der Waals surface area contributed by atoms with Crippen molar-refractivity contribution >= 4 is 28.6 Å². The highest BCUT2D eigenvalue weighted by Gasteiger charge is 2.37. The SMILES string of the molecule is CN1NC(C)(C(=O)Cl)C=C1SCc1ccccc1. The van der Waals surface area contributed by atoms with E-state index in [1.165, 1.54) is 5.56 Å². The Kier molecular flexibility index (Phi) is 4.00. The van der Waals surface area contributed by atoms with Gasteiger partial charge in [0.25, 0.3) is 0 Å². The van der Waals surface area contributed by atoms with Crippen LogP contribution in [0.1, 0.15) is 12.5 Å². The van der Waals surface area contributed by atoms with Gasteiger partial charge in [-0.15, -0.1) is 11.8 Å². The molecule has 0 saturated carbocycles. The fraction of sp³-hybridized carbons (Fsp3) is 0.308. The van der Waals surface area contributed by atoms with Gasteiger partial charge < -0.3 is 5.01 Å². The Labute approximate surface area is 116 Å². The lowest BCUT2D eigenvalue weighted by atomic mass is 10.1. The van der Waals surface area contributed by atoms with Gasteiger partial charge in [-0.05, 0) is 30.2 Å². The van der Waals surface area contributed by atoms with E-state index in [1.807, 2.05) is 36.3 Å². The number of nitrogens with zero attached hydrogens (tertiary/aromatic N) is 1. The summed E-state index contributed by atoms with van der Waals surface area (Å²) in [6, 6.07) is 10.2. The third-order valence-electron chi connectivity index (χ3n) is 2.78. The summed E-state index contributed by atoms with van der Waals surface area (Å²) < 4.78 is 0. The Morgan fingerprint density at radius 2 is 2.11 bits per heavy atom. The Morgan fingerprint density at radius 3 is 2.67 bits per heavy atom. The van der Waals surface area contributed by atoms with Crippen LogP contribution in [0.5, 0.6) is 0 Å². The van der Waals surface area contributed by atoms with Gasteiger partial charge in [-0.3, -0.25) is 4.79 Å². The maximum absolute atomic E-state index is 11.4. The van der Waals surface area contributed by atoms with E-state index in [4.69, 9.17) is 11.6 Å². The molecule has 1 aliphatic rings. The van der Waals surface area contributed by atoms with Gasteiger partial charge in [-0.1, -0.05) is 30.3 Å². The molecule has 3 nitrogen and oxygen atoms in total. The molecular formula is C13H15ClN2OS. The molecule has 1 aromatic carbocycles. The first kappa shape index (κ1) is 13.5. The molecule has 5 heteroatoms. The summed E-state index contributed by atoms with van der Waals surface area (Å²) in [7, 11) is 1.88. The maximum atomic E-state index is 11.4. The van der Waals surface area contributed by atoms with Crippen LogP contribution in [0.2, 0.25) is 0 Å². The summed E-state index contributed by atoms with van der Waals surface area (Å²) >= 11 is 7.27. The minimum atomic E-state index is -0.796. The monoisotopic (exact) mass is 282 g/mol. The van der Waals surface area contributed by atoms with Gasteiger partial charge >= 0.3 is 0 Å². The van der Waals surface area contributed by atoms with Crippen LogP contribution in [0, 0.1) is 0 Å². The van der Waals surface area contributed by atoms with E-state index < -0.39 is 10.8 Å². The molecule has 2 rings (SSSR count). The molecule has 18 heavy (non-hydrogen) atoms. The first-order chi connectivity index (χ1) is 8.51. The number of hydrogen-bond donors (Lipinski definition) is 1. The van der Waals surface area contributed by atoms with Crippen LogP contribution in [0.3, 0.4) is 0 Å². The normalized spacial score (nSPS) is 23.1. The Balaban J connectivity index is 2.04. The van der Waals surface area contributed by atoms with Crippen molar-refractivity contribution in [1.82, 2.24) is 10.4 Å². The minimum absolute atomic E-state index is 0.398. The van der Waals surface area contributed by atoms with E-state index in [9.17, 15) is 4.79 Å². The number of rotatable bonds is 4. The second-order valence-corrected chi connectivity index (χ2v) is 5.74. The average Bonchev–Trinajstić information content (AvgIpc) is 2.64. The molecule has 1 N–H and O–H groups in total. The third kappa shape index (κ3) is 2.88. The first-order valence-electron chi connectivity index (χ1n) is 5.62. The van der Waals surface area contributed by atoms with E-state index in [0.29, 0.717) is 0 Å². The number of hydrazine groups is 1. The number of thioether (sulfide) groups is 1.